The quantitative estimate of drug-likeness (QED) is 0.586. The molecule has 0 unspecified atom stereocenters. The number of carbonyl (C=O) groups is 1. The van der Waals surface area contributed by atoms with E-state index in [9.17, 15) is 9.90 Å². The van der Waals surface area contributed by atoms with Gasteiger partial charge in [-0.05, 0) is 55.3 Å². The van der Waals surface area contributed by atoms with E-state index in [0.29, 0.717) is 6.04 Å². The van der Waals surface area contributed by atoms with Gasteiger partial charge in [0.15, 0.2) is 5.17 Å². The number of thioether (sulfide) groups is 1. The third-order valence-electron chi connectivity index (χ3n) is 5.99. The molecule has 0 saturated carbocycles. The summed E-state index contributed by atoms with van der Waals surface area (Å²) >= 11 is 1.80. The van der Waals surface area contributed by atoms with Crippen LogP contribution in [0, 0.1) is 6.92 Å². The number of aromatic nitrogens is 1. The Balaban J connectivity index is 1.54. The Kier molecular flexibility index (Phi) is 5.06. The van der Waals surface area contributed by atoms with Crippen LogP contribution in [0.15, 0.2) is 64.1 Å². The Labute approximate surface area is 185 Å². The molecular formula is C24H23N3O3S. The molecule has 1 aromatic carbocycles. The maximum absolute atomic E-state index is 11.3. The molecule has 4 heterocycles. The topological polar surface area (TPSA) is 78.9 Å². The number of carboxylic acids is 1. The molecule has 0 spiro atoms. The molecule has 6 nitrogen and oxygen atoms in total. The first kappa shape index (κ1) is 19.9. The van der Waals surface area contributed by atoms with Crippen LogP contribution in [-0.2, 0) is 0 Å². The maximum Gasteiger partial charge on any atom is 0.335 e. The number of amidine groups is 1. The van der Waals surface area contributed by atoms with Gasteiger partial charge in [0, 0.05) is 23.6 Å². The third kappa shape index (κ3) is 3.43. The lowest BCUT2D eigenvalue weighted by atomic mass is 10.0. The zero-order valence-electron chi connectivity index (χ0n) is 17.4. The van der Waals surface area contributed by atoms with Gasteiger partial charge in [-0.2, -0.15) is 0 Å². The van der Waals surface area contributed by atoms with Gasteiger partial charge in [0.05, 0.1) is 11.3 Å². The second-order valence-corrected chi connectivity index (χ2v) is 8.86. The summed E-state index contributed by atoms with van der Waals surface area (Å²) in [5, 5.41) is 10.3. The molecule has 0 aliphatic carbocycles. The molecular weight excluding hydrogens is 410 g/mol. The predicted molar refractivity (Wildman–Crippen MR) is 121 cm³/mol. The molecule has 1 fully saturated rings. The molecule has 7 heteroatoms. The van der Waals surface area contributed by atoms with E-state index < -0.39 is 5.97 Å². The van der Waals surface area contributed by atoms with Crippen molar-refractivity contribution in [3.05, 3.63) is 77.3 Å². The van der Waals surface area contributed by atoms with Crippen molar-refractivity contribution >= 4 is 22.9 Å². The molecule has 5 rings (SSSR count). The lowest BCUT2D eigenvalue weighted by Gasteiger charge is -2.30. The first-order valence-electron chi connectivity index (χ1n) is 10.4. The smallest absolute Gasteiger partial charge is 0.335 e. The molecule has 3 aromatic rings. The Morgan fingerprint density at radius 1 is 1.26 bits per heavy atom. The van der Waals surface area contributed by atoms with Gasteiger partial charge in [0.25, 0.3) is 0 Å². The summed E-state index contributed by atoms with van der Waals surface area (Å²) in [6.07, 6.45) is 2.85. The summed E-state index contributed by atoms with van der Waals surface area (Å²) in [7, 11) is 0. The Bertz CT molecular complexity index is 1160. The maximum atomic E-state index is 11.3. The van der Waals surface area contributed by atoms with Gasteiger partial charge in [-0.3, -0.25) is 4.98 Å². The normalized spacial score (nSPS) is 22.5. The Morgan fingerprint density at radius 2 is 2.13 bits per heavy atom. The van der Waals surface area contributed by atoms with Crippen molar-refractivity contribution < 1.29 is 14.3 Å². The number of nitrogens with zero attached hydrogens (tertiary/aromatic N) is 3. The molecule has 158 valence electrons. The van der Waals surface area contributed by atoms with Crippen molar-refractivity contribution in [2.24, 2.45) is 4.99 Å². The predicted octanol–water partition coefficient (Wildman–Crippen LogP) is 5.33. The summed E-state index contributed by atoms with van der Waals surface area (Å²) in [6.45, 7) is 4.11. The van der Waals surface area contributed by atoms with Crippen LogP contribution in [0.2, 0.25) is 0 Å². The number of hydrogen-bond donors (Lipinski definition) is 1. The van der Waals surface area contributed by atoms with Crippen LogP contribution in [0.1, 0.15) is 52.8 Å². The average Bonchev–Trinajstić information content (AvgIpc) is 3.49. The number of aliphatic imine (C=N–C) groups is 1. The zero-order valence-corrected chi connectivity index (χ0v) is 18.2. The largest absolute Gasteiger partial charge is 0.478 e. The fourth-order valence-corrected chi connectivity index (χ4v) is 5.73. The second-order valence-electron chi connectivity index (χ2n) is 7.87. The first-order chi connectivity index (χ1) is 15.1. The van der Waals surface area contributed by atoms with Gasteiger partial charge in [-0.25, -0.2) is 9.79 Å². The number of benzene rings is 1. The molecule has 1 N–H and O–H groups in total. The lowest BCUT2D eigenvalue weighted by Crippen LogP contribution is -2.35. The highest BCUT2D eigenvalue weighted by molar-refractivity contribution is 8.14. The SMILES string of the molecule is CC[C@@H]1CSC2=N[C@H](c3ccccn3)[C@H](c3ccc(-c4ccc(C(=O)O)cc4C)o3)N21. The molecule has 31 heavy (non-hydrogen) atoms. The van der Waals surface area contributed by atoms with Crippen LogP contribution in [-0.4, -0.2) is 37.9 Å². The van der Waals surface area contributed by atoms with Gasteiger partial charge in [-0.15, -0.1) is 0 Å². The van der Waals surface area contributed by atoms with E-state index in [1.807, 2.05) is 43.3 Å². The highest BCUT2D eigenvalue weighted by Crippen LogP contribution is 2.49. The van der Waals surface area contributed by atoms with Gasteiger partial charge in [-0.1, -0.05) is 30.8 Å². The molecule has 3 atom stereocenters. The van der Waals surface area contributed by atoms with Crippen LogP contribution in [0.4, 0.5) is 0 Å². The molecule has 0 radical (unpaired) electrons. The van der Waals surface area contributed by atoms with E-state index >= 15 is 0 Å². The fraction of sp³-hybridized carbons (Fsp3) is 0.292. The van der Waals surface area contributed by atoms with Crippen molar-refractivity contribution in [2.45, 2.75) is 38.4 Å². The van der Waals surface area contributed by atoms with Crippen LogP contribution in [0.25, 0.3) is 11.3 Å². The molecule has 1 saturated heterocycles. The minimum absolute atomic E-state index is 0.0443. The molecule has 2 aliphatic rings. The minimum Gasteiger partial charge on any atom is -0.478 e. The number of pyridine rings is 1. The minimum atomic E-state index is -0.930. The van der Waals surface area contributed by atoms with Crippen molar-refractivity contribution in [3.8, 4) is 11.3 Å². The number of hydrogen-bond acceptors (Lipinski definition) is 6. The standard InChI is InChI=1S/C24H23N3O3S/c1-3-16-13-31-24-26-21(18-6-4-5-11-25-18)22(27(16)24)20-10-9-19(30-20)17-8-7-15(23(28)29)12-14(17)2/h4-12,16,21-22H,3,13H2,1-2H3,(H,28,29)/t16-,21-,22+/m1/s1. The Hall–Kier alpha value is -3.06. The van der Waals surface area contributed by atoms with E-state index in [-0.39, 0.29) is 17.6 Å². The average molecular weight is 434 g/mol. The van der Waals surface area contributed by atoms with Crippen LogP contribution < -0.4 is 0 Å². The van der Waals surface area contributed by atoms with Crippen molar-refractivity contribution in [3.63, 3.8) is 0 Å². The van der Waals surface area contributed by atoms with Gasteiger partial charge < -0.3 is 14.4 Å². The number of aryl methyl sites for hydroxylation is 1. The van der Waals surface area contributed by atoms with Gasteiger partial charge in [0.2, 0.25) is 0 Å². The fourth-order valence-electron chi connectivity index (χ4n) is 4.39. The lowest BCUT2D eigenvalue weighted by molar-refractivity contribution is 0.0697. The first-order valence-corrected chi connectivity index (χ1v) is 11.4. The molecule has 0 bridgehead atoms. The summed E-state index contributed by atoms with van der Waals surface area (Å²) in [4.78, 5) is 23.3. The van der Waals surface area contributed by atoms with Crippen LogP contribution in [0.5, 0.6) is 0 Å². The van der Waals surface area contributed by atoms with Crippen LogP contribution >= 0.6 is 11.8 Å². The number of furan rings is 1. The van der Waals surface area contributed by atoms with Crippen molar-refractivity contribution in [1.82, 2.24) is 9.88 Å². The van der Waals surface area contributed by atoms with Gasteiger partial charge in [0.1, 0.15) is 23.6 Å². The van der Waals surface area contributed by atoms with E-state index in [4.69, 9.17) is 9.41 Å². The van der Waals surface area contributed by atoms with Crippen molar-refractivity contribution in [1.29, 1.82) is 0 Å². The summed E-state index contributed by atoms with van der Waals surface area (Å²) in [5.41, 5.74) is 2.97. The van der Waals surface area contributed by atoms with Crippen molar-refractivity contribution in [2.75, 3.05) is 5.75 Å². The molecule has 2 aromatic heterocycles. The monoisotopic (exact) mass is 433 g/mol. The third-order valence-corrected chi connectivity index (χ3v) is 7.11. The number of fused-ring (bicyclic) bond motifs is 1. The summed E-state index contributed by atoms with van der Waals surface area (Å²) < 4.78 is 6.39. The summed E-state index contributed by atoms with van der Waals surface area (Å²) in [5.74, 6) is 1.69. The zero-order chi connectivity index (χ0) is 21.5. The number of carboxylic acid groups (broad SMARTS) is 1. The Morgan fingerprint density at radius 3 is 2.84 bits per heavy atom. The second kappa shape index (κ2) is 7.89. The van der Waals surface area contributed by atoms with Gasteiger partial charge >= 0.3 is 5.97 Å². The molecule has 0 amide bonds. The van der Waals surface area contributed by atoms with E-state index in [1.54, 1.807) is 30.1 Å². The van der Waals surface area contributed by atoms with E-state index in [0.717, 1.165) is 45.7 Å². The van der Waals surface area contributed by atoms with E-state index in [1.165, 1.54) is 0 Å². The van der Waals surface area contributed by atoms with E-state index in [2.05, 4.69) is 16.8 Å². The van der Waals surface area contributed by atoms with Crippen LogP contribution in [0.3, 0.4) is 0 Å². The highest BCUT2D eigenvalue weighted by atomic mass is 32.2. The number of aromatic carboxylic acids is 1. The molecule has 2 aliphatic heterocycles. The number of rotatable bonds is 5. The highest BCUT2D eigenvalue weighted by Gasteiger charge is 2.46. The summed E-state index contributed by atoms with van der Waals surface area (Å²) in [6, 6.07) is 15.3.